The third kappa shape index (κ3) is 2.92. The van der Waals surface area contributed by atoms with Crippen LogP contribution in [0.4, 0.5) is 0 Å². The molecule has 1 atom stereocenters. The van der Waals surface area contributed by atoms with Crippen molar-refractivity contribution < 1.29 is 14.7 Å². The molecule has 5 nitrogen and oxygen atoms in total. The molecule has 0 aliphatic carbocycles. The van der Waals surface area contributed by atoms with Crippen molar-refractivity contribution in [2.45, 2.75) is 26.3 Å². The molecule has 1 N–H and O–H groups in total. The van der Waals surface area contributed by atoms with Gasteiger partial charge in [0.25, 0.3) is 0 Å². The maximum absolute atomic E-state index is 11.1. The molecule has 1 aliphatic rings. The molecule has 0 aromatic heterocycles. The highest BCUT2D eigenvalue weighted by Crippen LogP contribution is 2.09. The lowest BCUT2D eigenvalue weighted by molar-refractivity contribution is -0.144. The molecular formula is C10H18N2O3. The van der Waals surface area contributed by atoms with Crippen LogP contribution in [0.25, 0.3) is 0 Å². The molecule has 0 aromatic rings. The fourth-order valence-corrected chi connectivity index (χ4v) is 1.94. The van der Waals surface area contributed by atoms with E-state index in [4.69, 9.17) is 5.11 Å². The first-order valence-electron chi connectivity index (χ1n) is 5.28. The van der Waals surface area contributed by atoms with Gasteiger partial charge in [-0.1, -0.05) is 6.92 Å². The SMILES string of the molecule is CC[C@H](C(=O)O)N1CCN(C(C)=O)CC1. The number of carboxylic acids is 1. The van der Waals surface area contributed by atoms with E-state index in [2.05, 4.69) is 0 Å². The lowest BCUT2D eigenvalue weighted by Crippen LogP contribution is -2.53. The van der Waals surface area contributed by atoms with Gasteiger partial charge in [0, 0.05) is 33.1 Å². The van der Waals surface area contributed by atoms with Crippen LogP contribution in [-0.4, -0.2) is 59.0 Å². The van der Waals surface area contributed by atoms with Crippen LogP contribution >= 0.6 is 0 Å². The fraction of sp³-hybridized carbons (Fsp3) is 0.800. The Bertz CT molecular complexity index is 247. The van der Waals surface area contributed by atoms with Crippen LogP contribution in [0.3, 0.4) is 0 Å². The number of amides is 1. The van der Waals surface area contributed by atoms with Crippen LogP contribution in [0, 0.1) is 0 Å². The largest absolute Gasteiger partial charge is 0.480 e. The predicted octanol–water partition coefficient (Wildman–Crippen LogP) is 0.0137. The second-order valence-corrected chi connectivity index (χ2v) is 3.80. The van der Waals surface area contributed by atoms with Gasteiger partial charge in [-0.15, -0.1) is 0 Å². The van der Waals surface area contributed by atoms with Crippen LogP contribution in [-0.2, 0) is 9.59 Å². The Morgan fingerprint density at radius 1 is 1.27 bits per heavy atom. The third-order valence-electron chi connectivity index (χ3n) is 2.87. The average molecular weight is 214 g/mol. The number of carboxylic acid groups (broad SMARTS) is 1. The van der Waals surface area contributed by atoms with E-state index < -0.39 is 12.0 Å². The van der Waals surface area contributed by atoms with Crippen LogP contribution in [0.5, 0.6) is 0 Å². The lowest BCUT2D eigenvalue weighted by atomic mass is 10.1. The van der Waals surface area contributed by atoms with E-state index in [1.54, 1.807) is 11.8 Å². The summed E-state index contributed by atoms with van der Waals surface area (Å²) in [7, 11) is 0. The molecule has 5 heteroatoms. The van der Waals surface area contributed by atoms with Gasteiger partial charge >= 0.3 is 5.97 Å². The number of rotatable bonds is 3. The molecule has 0 bridgehead atoms. The van der Waals surface area contributed by atoms with E-state index in [1.807, 2.05) is 11.8 Å². The van der Waals surface area contributed by atoms with Crippen molar-refractivity contribution in [2.24, 2.45) is 0 Å². The predicted molar refractivity (Wildman–Crippen MR) is 55.5 cm³/mol. The summed E-state index contributed by atoms with van der Waals surface area (Å²) in [5.41, 5.74) is 0. The summed E-state index contributed by atoms with van der Waals surface area (Å²) in [5, 5.41) is 8.98. The van der Waals surface area contributed by atoms with Gasteiger partial charge in [0.1, 0.15) is 6.04 Å². The minimum atomic E-state index is -0.770. The minimum Gasteiger partial charge on any atom is -0.480 e. The van der Waals surface area contributed by atoms with Crippen molar-refractivity contribution in [2.75, 3.05) is 26.2 Å². The zero-order valence-corrected chi connectivity index (χ0v) is 9.27. The maximum atomic E-state index is 11.1. The zero-order chi connectivity index (χ0) is 11.4. The molecule has 0 radical (unpaired) electrons. The van der Waals surface area contributed by atoms with Gasteiger partial charge in [0.2, 0.25) is 5.91 Å². The Morgan fingerprint density at radius 3 is 2.13 bits per heavy atom. The van der Waals surface area contributed by atoms with E-state index >= 15 is 0 Å². The highest BCUT2D eigenvalue weighted by molar-refractivity contribution is 5.74. The number of carbonyl (C=O) groups is 2. The standard InChI is InChI=1S/C10H18N2O3/c1-3-9(10(14)15)12-6-4-11(5-7-12)8(2)13/h9H,3-7H2,1-2H3,(H,14,15)/t9-/m1/s1. The normalized spacial score (nSPS) is 20.0. The number of carbonyl (C=O) groups excluding carboxylic acids is 1. The molecule has 1 amide bonds. The molecule has 1 saturated heterocycles. The van der Waals surface area contributed by atoms with Crippen LogP contribution in [0.1, 0.15) is 20.3 Å². The van der Waals surface area contributed by atoms with Crippen LogP contribution in [0.15, 0.2) is 0 Å². The first-order valence-corrected chi connectivity index (χ1v) is 5.28. The van der Waals surface area contributed by atoms with Crippen molar-refractivity contribution in [1.29, 1.82) is 0 Å². The lowest BCUT2D eigenvalue weighted by Gasteiger charge is -2.36. The first-order chi connectivity index (χ1) is 7.06. The van der Waals surface area contributed by atoms with Gasteiger partial charge in [-0.25, -0.2) is 0 Å². The van der Waals surface area contributed by atoms with Crippen molar-refractivity contribution in [3.05, 3.63) is 0 Å². The summed E-state index contributed by atoms with van der Waals surface area (Å²) in [6.07, 6.45) is 0.607. The Kier molecular flexibility index (Phi) is 4.08. The van der Waals surface area contributed by atoms with E-state index in [0.717, 1.165) is 0 Å². The third-order valence-corrected chi connectivity index (χ3v) is 2.87. The van der Waals surface area contributed by atoms with Gasteiger partial charge < -0.3 is 10.0 Å². The highest BCUT2D eigenvalue weighted by atomic mass is 16.4. The molecule has 1 rings (SSSR count). The van der Waals surface area contributed by atoms with Crippen molar-refractivity contribution in [1.82, 2.24) is 9.80 Å². The number of nitrogens with zero attached hydrogens (tertiary/aromatic N) is 2. The van der Waals surface area contributed by atoms with Crippen molar-refractivity contribution in [3.63, 3.8) is 0 Å². The molecule has 0 aromatic carbocycles. The zero-order valence-electron chi connectivity index (χ0n) is 9.27. The summed E-state index contributed by atoms with van der Waals surface area (Å²) in [4.78, 5) is 25.7. The van der Waals surface area contributed by atoms with Crippen LogP contribution in [0.2, 0.25) is 0 Å². The van der Waals surface area contributed by atoms with E-state index in [1.165, 1.54) is 0 Å². The Labute approximate surface area is 89.7 Å². The highest BCUT2D eigenvalue weighted by Gasteiger charge is 2.27. The fourth-order valence-electron chi connectivity index (χ4n) is 1.94. The molecular weight excluding hydrogens is 196 g/mol. The van der Waals surface area contributed by atoms with Crippen molar-refractivity contribution >= 4 is 11.9 Å². The molecule has 1 fully saturated rings. The summed E-state index contributed by atoms with van der Waals surface area (Å²) >= 11 is 0. The number of hydrogen-bond acceptors (Lipinski definition) is 3. The summed E-state index contributed by atoms with van der Waals surface area (Å²) in [6.45, 7) is 6.01. The molecule has 15 heavy (non-hydrogen) atoms. The van der Waals surface area contributed by atoms with Crippen molar-refractivity contribution in [3.8, 4) is 0 Å². The number of hydrogen-bond donors (Lipinski definition) is 1. The Balaban J connectivity index is 2.49. The van der Waals surface area contributed by atoms with Gasteiger partial charge in [-0.2, -0.15) is 0 Å². The molecule has 1 heterocycles. The van der Waals surface area contributed by atoms with Gasteiger partial charge in [-0.3, -0.25) is 14.5 Å². The summed E-state index contributed by atoms with van der Waals surface area (Å²) in [6, 6.07) is -0.404. The first kappa shape index (κ1) is 12.0. The maximum Gasteiger partial charge on any atom is 0.320 e. The topological polar surface area (TPSA) is 60.9 Å². The molecule has 1 aliphatic heterocycles. The molecule has 86 valence electrons. The van der Waals surface area contributed by atoms with Gasteiger partial charge in [-0.05, 0) is 6.42 Å². The molecule has 0 spiro atoms. The minimum absolute atomic E-state index is 0.0676. The van der Waals surface area contributed by atoms with Gasteiger partial charge in [0.05, 0.1) is 0 Å². The van der Waals surface area contributed by atoms with Crippen LogP contribution < -0.4 is 0 Å². The Morgan fingerprint density at radius 2 is 1.80 bits per heavy atom. The summed E-state index contributed by atoms with van der Waals surface area (Å²) < 4.78 is 0. The number of piperazine rings is 1. The summed E-state index contributed by atoms with van der Waals surface area (Å²) in [5.74, 6) is -0.702. The average Bonchev–Trinajstić information content (AvgIpc) is 2.19. The Hall–Kier alpha value is -1.10. The quantitative estimate of drug-likeness (QED) is 0.719. The monoisotopic (exact) mass is 214 g/mol. The van der Waals surface area contributed by atoms with E-state index in [9.17, 15) is 9.59 Å². The second kappa shape index (κ2) is 5.11. The second-order valence-electron chi connectivity index (χ2n) is 3.80. The van der Waals surface area contributed by atoms with E-state index in [-0.39, 0.29) is 5.91 Å². The molecule has 0 saturated carbocycles. The smallest absolute Gasteiger partial charge is 0.320 e. The van der Waals surface area contributed by atoms with E-state index in [0.29, 0.717) is 32.6 Å². The number of aliphatic carboxylic acids is 1. The molecule has 0 unspecified atom stereocenters. The van der Waals surface area contributed by atoms with Gasteiger partial charge in [0.15, 0.2) is 0 Å².